The Labute approximate surface area is 162 Å². The zero-order chi connectivity index (χ0) is 20.5. The van der Waals surface area contributed by atoms with Gasteiger partial charge in [0.1, 0.15) is 28.9 Å². The van der Waals surface area contributed by atoms with Crippen molar-refractivity contribution in [3.8, 4) is 0 Å². The zero-order valence-corrected chi connectivity index (χ0v) is 15.4. The van der Waals surface area contributed by atoms with Gasteiger partial charge in [-0.15, -0.1) is 0 Å². The van der Waals surface area contributed by atoms with Crippen LogP contribution in [-0.4, -0.2) is 29.5 Å². The molecule has 1 atom stereocenters. The van der Waals surface area contributed by atoms with E-state index in [4.69, 9.17) is 0 Å². The van der Waals surface area contributed by atoms with Gasteiger partial charge < -0.3 is 20.2 Å². The van der Waals surface area contributed by atoms with Gasteiger partial charge in [-0.1, -0.05) is 0 Å². The predicted molar refractivity (Wildman–Crippen MR) is 103 cm³/mol. The first-order valence-electron chi connectivity index (χ1n) is 8.62. The van der Waals surface area contributed by atoms with Crippen LogP contribution in [0.4, 0.5) is 26.4 Å². The van der Waals surface area contributed by atoms with Crippen molar-refractivity contribution in [1.82, 2.24) is 29.5 Å². The topological polar surface area (TPSA) is 113 Å². The molecule has 4 rings (SSSR count). The number of aryl methyl sites for hydroxylation is 1. The number of anilines is 3. The van der Waals surface area contributed by atoms with Crippen molar-refractivity contribution in [3.63, 3.8) is 0 Å². The van der Waals surface area contributed by atoms with Gasteiger partial charge in [-0.3, -0.25) is 9.78 Å². The SMILES string of the molecule is C[C@@H](Nc1nc(Nc2cn(C)cn2)c2ccc(=O)[nH]c2n1)c1ncc(F)cc1F. The van der Waals surface area contributed by atoms with Crippen molar-refractivity contribution < 1.29 is 8.78 Å². The Morgan fingerprint density at radius 3 is 2.76 bits per heavy atom. The summed E-state index contributed by atoms with van der Waals surface area (Å²) in [5.74, 6) is -0.488. The first kappa shape index (κ1) is 18.5. The van der Waals surface area contributed by atoms with E-state index in [1.807, 2.05) is 7.05 Å². The Morgan fingerprint density at radius 1 is 1.21 bits per heavy atom. The maximum Gasteiger partial charge on any atom is 0.249 e. The van der Waals surface area contributed by atoms with Gasteiger partial charge in [0.25, 0.3) is 0 Å². The zero-order valence-electron chi connectivity index (χ0n) is 15.4. The Hall–Kier alpha value is -3.89. The van der Waals surface area contributed by atoms with Gasteiger partial charge in [0.15, 0.2) is 0 Å². The molecule has 0 fully saturated rings. The van der Waals surface area contributed by atoms with Crippen LogP contribution < -0.4 is 16.2 Å². The molecule has 0 bridgehead atoms. The average Bonchev–Trinajstić information content (AvgIpc) is 3.06. The monoisotopic (exact) mass is 398 g/mol. The number of hydrogen-bond donors (Lipinski definition) is 3. The van der Waals surface area contributed by atoms with Gasteiger partial charge in [-0.25, -0.2) is 13.8 Å². The average molecular weight is 398 g/mol. The maximum absolute atomic E-state index is 14.0. The van der Waals surface area contributed by atoms with E-state index in [-0.39, 0.29) is 22.8 Å². The highest BCUT2D eigenvalue weighted by Gasteiger charge is 2.17. The summed E-state index contributed by atoms with van der Waals surface area (Å²) in [5, 5.41) is 6.57. The smallest absolute Gasteiger partial charge is 0.249 e. The maximum atomic E-state index is 14.0. The summed E-state index contributed by atoms with van der Waals surface area (Å²) in [6, 6.07) is 3.05. The van der Waals surface area contributed by atoms with Crippen molar-refractivity contribution >= 4 is 28.6 Å². The number of fused-ring (bicyclic) bond motifs is 1. The fourth-order valence-corrected chi connectivity index (χ4v) is 2.80. The summed E-state index contributed by atoms with van der Waals surface area (Å²) in [4.78, 5) is 31.1. The van der Waals surface area contributed by atoms with Crippen molar-refractivity contribution in [2.75, 3.05) is 10.6 Å². The van der Waals surface area contributed by atoms with E-state index in [9.17, 15) is 13.6 Å². The number of pyridine rings is 2. The normalized spacial score (nSPS) is 12.1. The van der Waals surface area contributed by atoms with Gasteiger partial charge >= 0.3 is 0 Å². The van der Waals surface area contributed by atoms with Crippen LogP contribution in [0.3, 0.4) is 0 Å². The quantitative estimate of drug-likeness (QED) is 0.474. The standard InChI is InChI=1S/C18H16F2N8O/c1-9(15-12(20)5-10(19)6-21-15)23-18-26-16(24-13-7-28(2)8-22-13)11-3-4-14(29)25-17(11)27-18/h3-9H,1-2H3,(H3,23,24,25,26,27,29)/t9-/m1/s1. The van der Waals surface area contributed by atoms with E-state index in [2.05, 4.69) is 35.6 Å². The molecule has 4 heterocycles. The molecular weight excluding hydrogens is 382 g/mol. The molecule has 11 heteroatoms. The van der Waals surface area contributed by atoms with Crippen molar-refractivity contribution in [3.05, 3.63) is 64.6 Å². The van der Waals surface area contributed by atoms with Gasteiger partial charge in [0.2, 0.25) is 11.5 Å². The van der Waals surface area contributed by atoms with Crippen LogP contribution in [0.25, 0.3) is 11.0 Å². The van der Waals surface area contributed by atoms with E-state index in [1.165, 1.54) is 6.07 Å². The fraction of sp³-hybridized carbons (Fsp3) is 0.167. The van der Waals surface area contributed by atoms with Crippen molar-refractivity contribution in [2.45, 2.75) is 13.0 Å². The molecule has 0 aliphatic heterocycles. The summed E-state index contributed by atoms with van der Waals surface area (Å²) in [7, 11) is 1.83. The van der Waals surface area contributed by atoms with Gasteiger partial charge in [0, 0.05) is 25.4 Å². The third-order valence-electron chi connectivity index (χ3n) is 4.13. The third-order valence-corrected chi connectivity index (χ3v) is 4.13. The molecule has 148 valence electrons. The molecule has 0 aromatic carbocycles. The highest BCUT2D eigenvalue weighted by atomic mass is 19.1. The summed E-state index contributed by atoms with van der Waals surface area (Å²) in [6.07, 6.45) is 4.31. The molecule has 0 radical (unpaired) electrons. The molecular formula is C18H16F2N8O. The molecule has 0 saturated carbocycles. The Kier molecular flexibility index (Phi) is 4.63. The van der Waals surface area contributed by atoms with Gasteiger partial charge in [-0.05, 0) is 13.0 Å². The summed E-state index contributed by atoms with van der Waals surface area (Å²) < 4.78 is 28.9. The molecule has 3 N–H and O–H groups in total. The lowest BCUT2D eigenvalue weighted by molar-refractivity contribution is 0.550. The minimum absolute atomic E-state index is 0.0101. The predicted octanol–water partition coefficient (Wildman–Crippen LogP) is 2.64. The number of aromatic amines is 1. The molecule has 4 aromatic rings. The van der Waals surface area contributed by atoms with E-state index in [0.29, 0.717) is 17.0 Å². The van der Waals surface area contributed by atoms with Crippen LogP contribution in [0.15, 0.2) is 41.7 Å². The number of hydrogen-bond acceptors (Lipinski definition) is 7. The van der Waals surface area contributed by atoms with Crippen LogP contribution in [0, 0.1) is 11.6 Å². The molecule has 0 saturated heterocycles. The second kappa shape index (κ2) is 7.26. The molecule has 29 heavy (non-hydrogen) atoms. The minimum atomic E-state index is -0.786. The Balaban J connectivity index is 1.72. The van der Waals surface area contributed by atoms with Crippen LogP contribution in [0.1, 0.15) is 18.7 Å². The molecule has 4 aromatic heterocycles. The number of halogens is 2. The Bertz CT molecular complexity index is 1250. The van der Waals surface area contributed by atoms with Crippen LogP contribution in [0.2, 0.25) is 0 Å². The van der Waals surface area contributed by atoms with Crippen LogP contribution in [0.5, 0.6) is 0 Å². The lowest BCUT2D eigenvalue weighted by atomic mass is 10.2. The van der Waals surface area contributed by atoms with Crippen LogP contribution >= 0.6 is 0 Å². The van der Waals surface area contributed by atoms with Gasteiger partial charge in [-0.2, -0.15) is 9.97 Å². The number of H-pyrrole nitrogens is 1. The van der Waals surface area contributed by atoms with E-state index in [1.54, 1.807) is 30.1 Å². The largest absolute Gasteiger partial charge is 0.346 e. The van der Waals surface area contributed by atoms with Gasteiger partial charge in [0.05, 0.1) is 29.6 Å². The van der Waals surface area contributed by atoms with Crippen molar-refractivity contribution in [2.24, 2.45) is 7.05 Å². The first-order valence-corrected chi connectivity index (χ1v) is 8.62. The molecule has 0 aliphatic rings. The molecule has 9 nitrogen and oxygen atoms in total. The summed E-state index contributed by atoms with van der Waals surface area (Å²) in [5.41, 5.74) is -0.0331. The highest BCUT2D eigenvalue weighted by molar-refractivity contribution is 5.88. The fourth-order valence-electron chi connectivity index (χ4n) is 2.80. The molecule has 0 spiro atoms. The number of aromatic nitrogens is 6. The minimum Gasteiger partial charge on any atom is -0.346 e. The number of imidazole rings is 1. The summed E-state index contributed by atoms with van der Waals surface area (Å²) >= 11 is 0. The van der Waals surface area contributed by atoms with E-state index < -0.39 is 17.7 Å². The second-order valence-corrected chi connectivity index (χ2v) is 6.42. The van der Waals surface area contributed by atoms with Crippen LogP contribution in [-0.2, 0) is 7.05 Å². The molecule has 0 amide bonds. The number of nitrogens with zero attached hydrogens (tertiary/aromatic N) is 5. The van der Waals surface area contributed by atoms with E-state index >= 15 is 0 Å². The second-order valence-electron chi connectivity index (χ2n) is 6.42. The lowest BCUT2D eigenvalue weighted by Crippen LogP contribution is -2.15. The lowest BCUT2D eigenvalue weighted by Gasteiger charge is -2.15. The van der Waals surface area contributed by atoms with E-state index in [0.717, 1.165) is 12.3 Å². The molecule has 0 unspecified atom stereocenters. The number of nitrogens with one attached hydrogen (secondary N) is 3. The number of rotatable bonds is 5. The highest BCUT2D eigenvalue weighted by Crippen LogP contribution is 2.25. The first-order chi connectivity index (χ1) is 13.9. The molecule has 0 aliphatic carbocycles. The summed E-state index contributed by atoms with van der Waals surface area (Å²) in [6.45, 7) is 1.64. The van der Waals surface area contributed by atoms with Crippen molar-refractivity contribution in [1.29, 1.82) is 0 Å². The Morgan fingerprint density at radius 2 is 2.03 bits per heavy atom. The third kappa shape index (κ3) is 3.88.